The first kappa shape index (κ1) is 19.2. The molecule has 1 aromatic carbocycles. The molecule has 0 radical (unpaired) electrons. The molecule has 0 saturated carbocycles. The van der Waals surface area contributed by atoms with Crippen LogP contribution in [0.2, 0.25) is 0 Å². The number of piperidine rings is 1. The Morgan fingerprint density at radius 2 is 2.00 bits per heavy atom. The van der Waals surface area contributed by atoms with E-state index < -0.39 is 0 Å². The van der Waals surface area contributed by atoms with Crippen LogP contribution in [-0.4, -0.2) is 60.2 Å². The van der Waals surface area contributed by atoms with E-state index >= 15 is 0 Å². The van der Waals surface area contributed by atoms with Gasteiger partial charge < -0.3 is 9.74 Å². The first-order valence-corrected chi connectivity index (χ1v) is 10.4. The molecule has 1 amide bonds. The summed E-state index contributed by atoms with van der Waals surface area (Å²) in [4.78, 5) is 22.7. The largest absolute Gasteiger partial charge is 0.390 e. The minimum atomic E-state index is 0.142. The quantitative estimate of drug-likeness (QED) is 0.734. The number of amides is 1. The molecule has 1 spiro atoms. The van der Waals surface area contributed by atoms with Crippen LogP contribution in [0.25, 0.3) is 0 Å². The monoisotopic (exact) mass is 381 g/mol. The highest BCUT2D eigenvalue weighted by Crippen LogP contribution is 2.41. The molecule has 28 heavy (non-hydrogen) atoms. The fraction of sp³-hybridized carbons (Fsp3) is 0.565. The molecule has 2 saturated heterocycles. The molecular weight excluding hydrogens is 350 g/mol. The maximum Gasteiger partial charge on any atom is 0.223 e. The van der Waals surface area contributed by atoms with Gasteiger partial charge in [-0.05, 0) is 50.8 Å². The molecule has 5 heteroatoms. The molecule has 1 aromatic rings. The van der Waals surface area contributed by atoms with Gasteiger partial charge in [0.25, 0.3) is 0 Å². The van der Waals surface area contributed by atoms with E-state index in [2.05, 4.69) is 42.1 Å². The van der Waals surface area contributed by atoms with Crippen molar-refractivity contribution < 1.29 is 9.63 Å². The fourth-order valence-corrected chi connectivity index (χ4v) is 4.60. The smallest absolute Gasteiger partial charge is 0.223 e. The number of carbonyl (C=O) groups excluding carboxylic acids is 1. The van der Waals surface area contributed by atoms with Gasteiger partial charge >= 0.3 is 0 Å². The van der Waals surface area contributed by atoms with Crippen molar-refractivity contribution in [2.75, 3.05) is 32.7 Å². The summed E-state index contributed by atoms with van der Waals surface area (Å²) in [5, 5.41) is 4.31. The minimum Gasteiger partial charge on any atom is -0.390 e. The van der Waals surface area contributed by atoms with Gasteiger partial charge in [0.1, 0.15) is 6.10 Å². The van der Waals surface area contributed by atoms with Gasteiger partial charge in [0, 0.05) is 32.5 Å². The van der Waals surface area contributed by atoms with Crippen molar-refractivity contribution in [1.29, 1.82) is 0 Å². The molecule has 0 bridgehead atoms. The van der Waals surface area contributed by atoms with Gasteiger partial charge in [-0.1, -0.05) is 47.1 Å². The van der Waals surface area contributed by atoms with Crippen molar-refractivity contribution in [2.24, 2.45) is 10.6 Å². The summed E-state index contributed by atoms with van der Waals surface area (Å²) in [5.41, 5.74) is 3.67. The topological polar surface area (TPSA) is 45.1 Å². The summed E-state index contributed by atoms with van der Waals surface area (Å²) >= 11 is 0. The van der Waals surface area contributed by atoms with E-state index in [1.54, 1.807) is 0 Å². The molecule has 3 aliphatic heterocycles. The Bertz CT molecular complexity index is 759. The van der Waals surface area contributed by atoms with Crippen LogP contribution in [0.3, 0.4) is 0 Å². The zero-order valence-corrected chi connectivity index (χ0v) is 17.1. The highest BCUT2D eigenvalue weighted by molar-refractivity contribution is 6.01. The van der Waals surface area contributed by atoms with Crippen molar-refractivity contribution >= 4 is 11.6 Å². The van der Waals surface area contributed by atoms with E-state index in [4.69, 9.17) is 4.84 Å². The Hall–Kier alpha value is -2.14. The number of carbonyl (C=O) groups is 1. The van der Waals surface area contributed by atoms with E-state index in [0.29, 0.717) is 5.91 Å². The van der Waals surface area contributed by atoms with Gasteiger partial charge in [-0.15, -0.1) is 0 Å². The average Bonchev–Trinajstić information content (AvgIpc) is 3.27. The molecule has 4 rings (SSSR count). The Balaban J connectivity index is 1.25. The predicted molar refractivity (Wildman–Crippen MR) is 111 cm³/mol. The number of benzene rings is 1. The third-order valence-electron chi connectivity index (χ3n) is 6.34. The molecule has 150 valence electrons. The summed E-state index contributed by atoms with van der Waals surface area (Å²) in [7, 11) is 0. The van der Waals surface area contributed by atoms with Crippen LogP contribution in [0.1, 0.15) is 45.1 Å². The number of nitrogens with zero attached hydrogens (tertiary/aromatic N) is 3. The fourth-order valence-electron chi connectivity index (χ4n) is 4.60. The maximum absolute atomic E-state index is 12.4. The number of likely N-dealkylation sites (tertiary alicyclic amines) is 2. The maximum atomic E-state index is 12.4. The highest BCUT2D eigenvalue weighted by atomic mass is 16.6. The average molecular weight is 382 g/mol. The Kier molecular flexibility index (Phi) is 5.54. The zero-order valence-electron chi connectivity index (χ0n) is 17.1. The standard InChI is InChI=1S/C23H31N3O2/c1-18(2)8-11-26-17-23(15-22(26)27)9-12-25(13-10-23)16-20-14-21(24-28-20)19-6-4-3-5-7-19/h3-8,20H,9-17H2,1-2H3/t20-/m0/s1. The molecule has 3 aliphatic rings. The molecule has 0 unspecified atom stereocenters. The number of oxime groups is 1. The lowest BCUT2D eigenvalue weighted by atomic mass is 9.77. The third-order valence-corrected chi connectivity index (χ3v) is 6.34. The second-order valence-electron chi connectivity index (χ2n) is 8.87. The van der Waals surface area contributed by atoms with E-state index in [9.17, 15) is 4.79 Å². The van der Waals surface area contributed by atoms with E-state index in [1.165, 1.54) is 5.57 Å². The Morgan fingerprint density at radius 3 is 2.71 bits per heavy atom. The van der Waals surface area contributed by atoms with Gasteiger partial charge in [-0.2, -0.15) is 0 Å². The predicted octanol–water partition coefficient (Wildman–Crippen LogP) is 3.46. The third kappa shape index (κ3) is 4.30. The lowest BCUT2D eigenvalue weighted by Gasteiger charge is -2.39. The lowest BCUT2D eigenvalue weighted by molar-refractivity contribution is -0.127. The second-order valence-corrected chi connectivity index (χ2v) is 8.87. The molecule has 0 aromatic heterocycles. The van der Waals surface area contributed by atoms with Crippen molar-refractivity contribution in [3.63, 3.8) is 0 Å². The second kappa shape index (κ2) is 8.08. The normalized spacial score (nSPS) is 24.4. The molecule has 0 N–H and O–H groups in total. The first-order valence-electron chi connectivity index (χ1n) is 10.4. The van der Waals surface area contributed by atoms with E-state index in [-0.39, 0.29) is 11.5 Å². The molecule has 3 heterocycles. The van der Waals surface area contributed by atoms with Gasteiger partial charge in [-0.3, -0.25) is 9.69 Å². The van der Waals surface area contributed by atoms with Gasteiger partial charge in [0.05, 0.1) is 5.71 Å². The van der Waals surface area contributed by atoms with Crippen LogP contribution in [0.4, 0.5) is 0 Å². The van der Waals surface area contributed by atoms with Crippen molar-refractivity contribution in [3.05, 3.63) is 47.5 Å². The number of allylic oxidation sites excluding steroid dienone is 1. The summed E-state index contributed by atoms with van der Waals surface area (Å²) in [6, 6.07) is 10.3. The van der Waals surface area contributed by atoms with Gasteiger partial charge in [-0.25, -0.2) is 0 Å². The highest BCUT2D eigenvalue weighted by Gasteiger charge is 2.44. The molecule has 5 nitrogen and oxygen atoms in total. The number of hydrogen-bond acceptors (Lipinski definition) is 4. The van der Waals surface area contributed by atoms with E-state index in [0.717, 1.165) is 69.7 Å². The van der Waals surface area contributed by atoms with Crippen LogP contribution in [-0.2, 0) is 9.63 Å². The van der Waals surface area contributed by atoms with Crippen molar-refractivity contribution in [3.8, 4) is 0 Å². The SMILES string of the molecule is CC(C)=CCN1CC2(CCN(C[C@@H]3CC(c4ccccc4)=NO3)CC2)CC1=O. The van der Waals surface area contributed by atoms with Crippen LogP contribution in [0, 0.1) is 5.41 Å². The summed E-state index contributed by atoms with van der Waals surface area (Å²) in [6.45, 7) is 8.88. The molecule has 1 atom stereocenters. The molecule has 0 aliphatic carbocycles. The summed E-state index contributed by atoms with van der Waals surface area (Å²) in [5.74, 6) is 0.325. The number of hydrogen-bond donors (Lipinski definition) is 0. The lowest BCUT2D eigenvalue weighted by Crippen LogP contribution is -2.44. The number of rotatable bonds is 5. The van der Waals surface area contributed by atoms with Crippen LogP contribution in [0.15, 0.2) is 47.1 Å². The van der Waals surface area contributed by atoms with Crippen LogP contribution < -0.4 is 0 Å². The minimum absolute atomic E-state index is 0.142. The van der Waals surface area contributed by atoms with Crippen LogP contribution >= 0.6 is 0 Å². The van der Waals surface area contributed by atoms with Crippen LogP contribution in [0.5, 0.6) is 0 Å². The van der Waals surface area contributed by atoms with Gasteiger partial charge in [0.15, 0.2) is 0 Å². The van der Waals surface area contributed by atoms with Crippen molar-refractivity contribution in [2.45, 2.75) is 45.6 Å². The Labute approximate surface area is 168 Å². The molecular formula is C23H31N3O2. The zero-order chi connectivity index (χ0) is 19.6. The molecule has 2 fully saturated rings. The summed E-state index contributed by atoms with van der Waals surface area (Å²) in [6.07, 6.45) is 6.10. The first-order chi connectivity index (χ1) is 13.5. The summed E-state index contributed by atoms with van der Waals surface area (Å²) < 4.78 is 0. The van der Waals surface area contributed by atoms with E-state index in [1.807, 2.05) is 23.1 Å². The van der Waals surface area contributed by atoms with Gasteiger partial charge in [0.2, 0.25) is 5.91 Å². The Morgan fingerprint density at radius 1 is 1.25 bits per heavy atom. The van der Waals surface area contributed by atoms with Crippen molar-refractivity contribution in [1.82, 2.24) is 9.80 Å².